The molecule has 2 atom stereocenters. The van der Waals surface area contributed by atoms with E-state index < -0.39 is 0 Å². The quantitative estimate of drug-likeness (QED) is 0.576. The molecule has 1 saturated heterocycles. The maximum atomic E-state index is 12.2. The molecule has 0 spiro atoms. The van der Waals surface area contributed by atoms with Crippen LogP contribution in [0.1, 0.15) is 53.4 Å². The number of carbonyl (C=O) groups is 2. The molecule has 1 fully saturated rings. The van der Waals surface area contributed by atoms with Crippen molar-refractivity contribution in [3.8, 4) is 0 Å². The molecular formula is C15H27NO2S. The van der Waals surface area contributed by atoms with Gasteiger partial charge in [0.1, 0.15) is 0 Å². The topological polar surface area (TPSA) is 37.4 Å². The van der Waals surface area contributed by atoms with E-state index in [4.69, 9.17) is 0 Å². The number of nitrogens with zero attached hydrogens (tertiary/aromatic N) is 1. The highest BCUT2D eigenvalue weighted by molar-refractivity contribution is 7.80. The SMILES string of the molecule is CCCC(CS)(CCC)CN1C(=O)C(C)C(C)C1=O. The van der Waals surface area contributed by atoms with Crippen LogP contribution in [0.25, 0.3) is 0 Å². The van der Waals surface area contributed by atoms with Crippen LogP contribution < -0.4 is 0 Å². The summed E-state index contributed by atoms with van der Waals surface area (Å²) in [5.41, 5.74) is -0.0122. The number of carbonyl (C=O) groups excluding carboxylic acids is 2. The molecule has 2 unspecified atom stereocenters. The van der Waals surface area contributed by atoms with Crippen LogP contribution in [0.2, 0.25) is 0 Å². The van der Waals surface area contributed by atoms with Crippen LogP contribution in [0.15, 0.2) is 0 Å². The standard InChI is InChI=1S/C15H27NO2S/c1-5-7-15(10-19,8-6-2)9-16-13(17)11(3)12(4)14(16)18/h11-12,19H,5-10H2,1-4H3. The van der Waals surface area contributed by atoms with E-state index in [1.807, 2.05) is 13.8 Å². The Hall–Kier alpha value is -0.510. The Labute approximate surface area is 122 Å². The lowest BCUT2D eigenvalue weighted by Gasteiger charge is -2.35. The van der Waals surface area contributed by atoms with Crippen LogP contribution in [0.5, 0.6) is 0 Å². The fourth-order valence-electron chi connectivity index (χ4n) is 3.07. The van der Waals surface area contributed by atoms with Gasteiger partial charge < -0.3 is 0 Å². The van der Waals surface area contributed by atoms with Gasteiger partial charge in [0, 0.05) is 18.4 Å². The summed E-state index contributed by atoms with van der Waals surface area (Å²) in [6.45, 7) is 8.55. The average Bonchev–Trinajstić information content (AvgIpc) is 2.57. The van der Waals surface area contributed by atoms with Gasteiger partial charge in [0.2, 0.25) is 11.8 Å². The zero-order valence-corrected chi connectivity index (χ0v) is 13.5. The summed E-state index contributed by atoms with van der Waals surface area (Å²) in [6.07, 6.45) is 4.15. The molecular weight excluding hydrogens is 258 g/mol. The molecule has 1 aliphatic rings. The van der Waals surface area contributed by atoms with Crippen LogP contribution in [-0.4, -0.2) is 29.0 Å². The summed E-state index contributed by atoms with van der Waals surface area (Å²) in [5, 5.41) is 0. The minimum atomic E-state index is -0.173. The molecule has 2 amide bonds. The van der Waals surface area contributed by atoms with Gasteiger partial charge in [-0.05, 0) is 24.0 Å². The van der Waals surface area contributed by atoms with Crippen LogP contribution in [0.3, 0.4) is 0 Å². The lowest BCUT2D eigenvalue weighted by molar-refractivity contribution is -0.141. The molecule has 0 saturated carbocycles. The van der Waals surface area contributed by atoms with E-state index in [-0.39, 0.29) is 29.1 Å². The first-order valence-electron chi connectivity index (χ1n) is 7.38. The molecule has 0 aliphatic carbocycles. The lowest BCUT2D eigenvalue weighted by atomic mass is 9.80. The number of hydrogen-bond donors (Lipinski definition) is 1. The Morgan fingerprint density at radius 1 is 1.05 bits per heavy atom. The van der Waals surface area contributed by atoms with Gasteiger partial charge in [-0.15, -0.1) is 0 Å². The minimum Gasteiger partial charge on any atom is -0.282 e. The van der Waals surface area contributed by atoms with Gasteiger partial charge in [0.15, 0.2) is 0 Å². The van der Waals surface area contributed by atoms with E-state index in [9.17, 15) is 9.59 Å². The number of hydrogen-bond acceptors (Lipinski definition) is 3. The van der Waals surface area contributed by atoms with Gasteiger partial charge >= 0.3 is 0 Å². The molecule has 0 N–H and O–H groups in total. The number of likely N-dealkylation sites (tertiary alicyclic amines) is 1. The molecule has 4 heteroatoms. The Kier molecular flexibility index (Phi) is 5.90. The summed E-state index contributed by atoms with van der Waals surface area (Å²) < 4.78 is 0. The first-order valence-corrected chi connectivity index (χ1v) is 8.01. The van der Waals surface area contributed by atoms with Crippen molar-refractivity contribution in [2.75, 3.05) is 12.3 Å². The van der Waals surface area contributed by atoms with E-state index in [1.54, 1.807) is 0 Å². The Morgan fingerprint density at radius 3 is 1.79 bits per heavy atom. The molecule has 110 valence electrons. The Morgan fingerprint density at radius 2 is 1.47 bits per heavy atom. The number of imide groups is 1. The summed E-state index contributed by atoms with van der Waals surface area (Å²) in [7, 11) is 0. The van der Waals surface area contributed by atoms with Gasteiger partial charge in [-0.2, -0.15) is 12.6 Å². The third-order valence-electron chi connectivity index (χ3n) is 4.45. The second kappa shape index (κ2) is 6.78. The third-order valence-corrected chi connectivity index (χ3v) is 5.12. The fraction of sp³-hybridized carbons (Fsp3) is 0.867. The van der Waals surface area contributed by atoms with Crippen molar-refractivity contribution in [2.45, 2.75) is 53.4 Å². The zero-order valence-electron chi connectivity index (χ0n) is 12.6. The first-order chi connectivity index (χ1) is 8.92. The number of thiol groups is 1. The van der Waals surface area contributed by atoms with Gasteiger partial charge in [-0.3, -0.25) is 14.5 Å². The predicted octanol–water partition coefficient (Wildman–Crippen LogP) is 3.14. The normalized spacial score (nSPS) is 24.4. The van der Waals surface area contributed by atoms with Crippen molar-refractivity contribution in [3.05, 3.63) is 0 Å². The average molecular weight is 285 g/mol. The lowest BCUT2D eigenvalue weighted by Crippen LogP contribution is -2.42. The predicted molar refractivity (Wildman–Crippen MR) is 81.2 cm³/mol. The first kappa shape index (κ1) is 16.5. The molecule has 0 bridgehead atoms. The second-order valence-electron chi connectivity index (χ2n) is 6.00. The maximum Gasteiger partial charge on any atom is 0.232 e. The molecule has 1 aliphatic heterocycles. The van der Waals surface area contributed by atoms with E-state index in [1.165, 1.54) is 4.90 Å². The van der Waals surface area contributed by atoms with Crippen LogP contribution >= 0.6 is 12.6 Å². The maximum absolute atomic E-state index is 12.2. The highest BCUT2D eigenvalue weighted by Crippen LogP contribution is 2.36. The Bertz CT molecular complexity index is 317. The van der Waals surface area contributed by atoms with Gasteiger partial charge in [-0.25, -0.2) is 0 Å². The molecule has 0 aromatic carbocycles. The second-order valence-corrected chi connectivity index (χ2v) is 6.31. The number of amides is 2. The van der Waals surface area contributed by atoms with Gasteiger partial charge in [0.05, 0.1) is 0 Å². The van der Waals surface area contributed by atoms with Crippen molar-refractivity contribution in [1.82, 2.24) is 4.90 Å². The summed E-state index contributed by atoms with van der Waals surface area (Å²) in [6, 6.07) is 0. The Balaban J connectivity index is 2.90. The molecule has 0 aromatic rings. The minimum absolute atomic E-state index is 0.00383. The van der Waals surface area contributed by atoms with Gasteiger partial charge in [-0.1, -0.05) is 40.5 Å². The van der Waals surface area contributed by atoms with E-state index in [2.05, 4.69) is 26.5 Å². The van der Waals surface area contributed by atoms with Crippen LogP contribution in [-0.2, 0) is 9.59 Å². The third kappa shape index (κ3) is 3.33. The highest BCUT2D eigenvalue weighted by atomic mass is 32.1. The van der Waals surface area contributed by atoms with Crippen molar-refractivity contribution in [2.24, 2.45) is 17.3 Å². The molecule has 19 heavy (non-hydrogen) atoms. The monoisotopic (exact) mass is 285 g/mol. The van der Waals surface area contributed by atoms with Crippen LogP contribution in [0.4, 0.5) is 0 Å². The molecule has 3 nitrogen and oxygen atoms in total. The molecule has 1 rings (SSSR count). The van der Waals surface area contributed by atoms with Crippen molar-refractivity contribution >= 4 is 24.4 Å². The summed E-state index contributed by atoms with van der Waals surface area (Å²) in [5.74, 6) is 0.377. The molecule has 0 aromatic heterocycles. The van der Waals surface area contributed by atoms with E-state index in [0.29, 0.717) is 6.54 Å². The molecule has 1 heterocycles. The molecule has 0 radical (unpaired) electrons. The van der Waals surface area contributed by atoms with E-state index >= 15 is 0 Å². The van der Waals surface area contributed by atoms with Crippen molar-refractivity contribution < 1.29 is 9.59 Å². The summed E-state index contributed by atoms with van der Waals surface area (Å²) in [4.78, 5) is 25.9. The number of rotatable bonds is 7. The van der Waals surface area contributed by atoms with E-state index in [0.717, 1.165) is 31.4 Å². The van der Waals surface area contributed by atoms with Crippen molar-refractivity contribution in [3.63, 3.8) is 0 Å². The fourth-order valence-corrected chi connectivity index (χ4v) is 3.49. The zero-order chi connectivity index (χ0) is 14.6. The highest BCUT2D eigenvalue weighted by Gasteiger charge is 2.45. The smallest absolute Gasteiger partial charge is 0.232 e. The van der Waals surface area contributed by atoms with Crippen LogP contribution in [0, 0.1) is 17.3 Å². The van der Waals surface area contributed by atoms with Crippen molar-refractivity contribution in [1.29, 1.82) is 0 Å². The largest absolute Gasteiger partial charge is 0.282 e. The summed E-state index contributed by atoms with van der Waals surface area (Å²) >= 11 is 4.50. The van der Waals surface area contributed by atoms with Gasteiger partial charge in [0.25, 0.3) is 0 Å².